The number of hydrogen-bond acceptors (Lipinski definition) is 2. The summed E-state index contributed by atoms with van der Waals surface area (Å²) in [4.78, 5) is 10.7. The lowest BCUT2D eigenvalue weighted by Gasteiger charge is -2.01. The number of carboxylic acid groups (broad SMARTS) is 1. The van der Waals surface area contributed by atoms with Gasteiger partial charge < -0.3 is 15.4 Å². The number of aromatic nitrogens is 1. The smallest absolute Gasteiger partial charge is 0.307 e. The summed E-state index contributed by atoms with van der Waals surface area (Å²) < 4.78 is 2.01. The fourth-order valence-corrected chi connectivity index (χ4v) is 1.95. The van der Waals surface area contributed by atoms with Crippen LogP contribution in [0.1, 0.15) is 5.56 Å². The largest absolute Gasteiger partial charge is 0.481 e. The van der Waals surface area contributed by atoms with Gasteiger partial charge in [-0.05, 0) is 11.6 Å². The normalized spacial score (nSPS) is 10.8. The van der Waals surface area contributed by atoms with E-state index < -0.39 is 5.97 Å². The molecule has 1 aromatic carbocycles. The number of fused-ring (bicyclic) bond motifs is 1. The Balaban J connectivity index is 2.52. The summed E-state index contributed by atoms with van der Waals surface area (Å²) in [5.74, 6) is -0.810. The minimum Gasteiger partial charge on any atom is -0.481 e. The van der Waals surface area contributed by atoms with E-state index in [-0.39, 0.29) is 6.42 Å². The SMILES string of the molecule is NCCn1cc(CC(=O)O)c2ccccc21. The monoisotopic (exact) mass is 218 g/mol. The highest BCUT2D eigenvalue weighted by atomic mass is 16.4. The van der Waals surface area contributed by atoms with Gasteiger partial charge in [-0.15, -0.1) is 0 Å². The van der Waals surface area contributed by atoms with Gasteiger partial charge in [-0.1, -0.05) is 18.2 Å². The maximum Gasteiger partial charge on any atom is 0.307 e. The summed E-state index contributed by atoms with van der Waals surface area (Å²) in [5.41, 5.74) is 7.41. The van der Waals surface area contributed by atoms with Gasteiger partial charge in [0.15, 0.2) is 0 Å². The quantitative estimate of drug-likeness (QED) is 0.811. The third kappa shape index (κ3) is 1.92. The molecule has 0 aliphatic heterocycles. The Morgan fingerprint density at radius 3 is 2.81 bits per heavy atom. The van der Waals surface area contributed by atoms with Crippen LogP contribution in [0.3, 0.4) is 0 Å². The van der Waals surface area contributed by atoms with Crippen molar-refractivity contribution >= 4 is 16.9 Å². The second kappa shape index (κ2) is 4.37. The molecule has 0 saturated carbocycles. The molecule has 0 aliphatic carbocycles. The van der Waals surface area contributed by atoms with E-state index in [4.69, 9.17) is 10.8 Å². The van der Waals surface area contributed by atoms with E-state index in [2.05, 4.69) is 0 Å². The van der Waals surface area contributed by atoms with Gasteiger partial charge in [0.1, 0.15) is 0 Å². The molecule has 4 nitrogen and oxygen atoms in total. The van der Waals surface area contributed by atoms with Crippen molar-refractivity contribution in [2.75, 3.05) is 6.54 Å². The average Bonchev–Trinajstić information content (AvgIpc) is 2.58. The highest BCUT2D eigenvalue weighted by Crippen LogP contribution is 2.21. The van der Waals surface area contributed by atoms with Crippen LogP contribution in [0.25, 0.3) is 10.9 Å². The minimum atomic E-state index is -0.810. The Morgan fingerprint density at radius 1 is 1.38 bits per heavy atom. The number of aliphatic carboxylic acids is 1. The lowest BCUT2D eigenvalue weighted by atomic mass is 10.1. The summed E-state index contributed by atoms with van der Waals surface area (Å²) >= 11 is 0. The van der Waals surface area contributed by atoms with Crippen molar-refractivity contribution in [1.82, 2.24) is 4.57 Å². The highest BCUT2D eigenvalue weighted by molar-refractivity contribution is 5.87. The molecule has 0 spiro atoms. The van der Waals surface area contributed by atoms with Gasteiger partial charge in [0.25, 0.3) is 0 Å². The second-order valence-corrected chi connectivity index (χ2v) is 3.72. The lowest BCUT2D eigenvalue weighted by molar-refractivity contribution is -0.136. The third-order valence-corrected chi connectivity index (χ3v) is 2.58. The summed E-state index contributed by atoms with van der Waals surface area (Å²) in [7, 11) is 0. The fraction of sp³-hybridized carbons (Fsp3) is 0.250. The molecule has 84 valence electrons. The van der Waals surface area contributed by atoms with Crippen molar-refractivity contribution in [2.45, 2.75) is 13.0 Å². The zero-order valence-electron chi connectivity index (χ0n) is 8.89. The van der Waals surface area contributed by atoms with E-state index >= 15 is 0 Å². The first-order chi connectivity index (χ1) is 7.72. The number of nitrogens with two attached hydrogens (primary N) is 1. The van der Waals surface area contributed by atoms with E-state index in [0.29, 0.717) is 13.1 Å². The number of benzene rings is 1. The molecule has 0 aliphatic rings. The predicted octanol–water partition coefficient (Wildman–Crippen LogP) is 1.23. The molecule has 1 heterocycles. The lowest BCUT2D eigenvalue weighted by Crippen LogP contribution is -2.08. The maximum atomic E-state index is 10.7. The number of rotatable bonds is 4. The van der Waals surface area contributed by atoms with Crippen LogP contribution >= 0.6 is 0 Å². The highest BCUT2D eigenvalue weighted by Gasteiger charge is 2.10. The molecular formula is C12H14N2O2. The van der Waals surface area contributed by atoms with Crippen molar-refractivity contribution in [3.05, 3.63) is 36.0 Å². The molecule has 1 aromatic heterocycles. The first kappa shape index (κ1) is 10.7. The van der Waals surface area contributed by atoms with Gasteiger partial charge in [-0.25, -0.2) is 0 Å². The Morgan fingerprint density at radius 2 is 2.12 bits per heavy atom. The maximum absolute atomic E-state index is 10.7. The van der Waals surface area contributed by atoms with E-state index in [9.17, 15) is 4.79 Å². The number of para-hydroxylation sites is 1. The van der Waals surface area contributed by atoms with Crippen LogP contribution in [0, 0.1) is 0 Å². The second-order valence-electron chi connectivity index (χ2n) is 3.72. The molecule has 16 heavy (non-hydrogen) atoms. The molecule has 3 N–H and O–H groups in total. The molecule has 0 atom stereocenters. The van der Waals surface area contributed by atoms with Gasteiger partial charge in [-0.3, -0.25) is 4.79 Å². The number of hydrogen-bond donors (Lipinski definition) is 2. The topological polar surface area (TPSA) is 68.2 Å². The van der Waals surface area contributed by atoms with Crippen LogP contribution < -0.4 is 5.73 Å². The summed E-state index contributed by atoms with van der Waals surface area (Å²) in [6.45, 7) is 1.26. The Bertz CT molecular complexity index is 517. The van der Waals surface area contributed by atoms with Crippen LogP contribution in [-0.4, -0.2) is 22.2 Å². The van der Waals surface area contributed by atoms with Crippen molar-refractivity contribution in [3.8, 4) is 0 Å². The van der Waals surface area contributed by atoms with E-state index in [1.54, 1.807) is 0 Å². The van der Waals surface area contributed by atoms with Gasteiger partial charge in [0.2, 0.25) is 0 Å². The molecule has 0 bridgehead atoms. The molecule has 2 aromatic rings. The van der Waals surface area contributed by atoms with Crippen molar-refractivity contribution in [1.29, 1.82) is 0 Å². The predicted molar refractivity (Wildman–Crippen MR) is 62.3 cm³/mol. The average molecular weight is 218 g/mol. The fourth-order valence-electron chi connectivity index (χ4n) is 1.95. The standard InChI is InChI=1S/C12H14N2O2/c13-5-6-14-8-9(7-12(15)16)10-3-1-2-4-11(10)14/h1-4,8H,5-7,13H2,(H,15,16). The first-order valence-electron chi connectivity index (χ1n) is 5.21. The Kier molecular flexibility index (Phi) is 2.92. The molecule has 0 amide bonds. The molecule has 0 radical (unpaired) electrons. The molecule has 0 saturated heterocycles. The summed E-state index contributed by atoms with van der Waals surface area (Å²) in [6, 6.07) is 7.79. The first-order valence-corrected chi connectivity index (χ1v) is 5.21. The minimum absolute atomic E-state index is 0.0537. The number of carbonyl (C=O) groups is 1. The molecular weight excluding hydrogens is 204 g/mol. The van der Waals surface area contributed by atoms with Gasteiger partial charge in [-0.2, -0.15) is 0 Å². The third-order valence-electron chi connectivity index (χ3n) is 2.58. The van der Waals surface area contributed by atoms with Crippen LogP contribution in [-0.2, 0) is 17.8 Å². The van der Waals surface area contributed by atoms with E-state index in [1.165, 1.54) is 0 Å². The van der Waals surface area contributed by atoms with E-state index in [0.717, 1.165) is 16.5 Å². The Labute approximate surface area is 93.3 Å². The van der Waals surface area contributed by atoms with Gasteiger partial charge >= 0.3 is 5.97 Å². The van der Waals surface area contributed by atoms with Crippen LogP contribution in [0.15, 0.2) is 30.5 Å². The van der Waals surface area contributed by atoms with Gasteiger partial charge in [0, 0.05) is 30.2 Å². The van der Waals surface area contributed by atoms with Crippen LogP contribution in [0.4, 0.5) is 0 Å². The van der Waals surface area contributed by atoms with Crippen molar-refractivity contribution < 1.29 is 9.90 Å². The van der Waals surface area contributed by atoms with Crippen LogP contribution in [0.2, 0.25) is 0 Å². The van der Waals surface area contributed by atoms with Gasteiger partial charge in [0.05, 0.1) is 6.42 Å². The molecule has 0 unspecified atom stereocenters. The Hall–Kier alpha value is -1.81. The van der Waals surface area contributed by atoms with E-state index in [1.807, 2.05) is 35.0 Å². The zero-order valence-corrected chi connectivity index (χ0v) is 8.89. The van der Waals surface area contributed by atoms with Crippen molar-refractivity contribution in [3.63, 3.8) is 0 Å². The summed E-state index contributed by atoms with van der Waals surface area (Å²) in [6.07, 6.45) is 1.93. The molecule has 4 heteroatoms. The molecule has 2 rings (SSSR count). The van der Waals surface area contributed by atoms with Crippen molar-refractivity contribution in [2.24, 2.45) is 5.73 Å². The van der Waals surface area contributed by atoms with Crippen LogP contribution in [0.5, 0.6) is 0 Å². The number of nitrogens with zero attached hydrogens (tertiary/aromatic N) is 1. The zero-order chi connectivity index (χ0) is 11.5. The molecule has 0 fully saturated rings. The summed E-state index contributed by atoms with van der Waals surface area (Å²) in [5, 5.41) is 9.83. The number of carboxylic acids is 1.